The first-order valence-corrected chi connectivity index (χ1v) is 28.0. The van der Waals surface area contributed by atoms with E-state index < -0.39 is 18.1 Å². The van der Waals surface area contributed by atoms with Crippen LogP contribution in [0.5, 0.6) is 0 Å². The topological polar surface area (TPSA) is 38.0 Å². The van der Waals surface area contributed by atoms with E-state index in [1.807, 2.05) is 84.9 Å². The van der Waals surface area contributed by atoms with Crippen LogP contribution in [-0.2, 0) is 0 Å². The Labute approximate surface area is 475 Å². The van der Waals surface area contributed by atoms with Crippen molar-refractivity contribution in [3.8, 4) is 73.1 Å². The smallest absolute Gasteiger partial charge is 0.220 e. The highest BCUT2D eigenvalue weighted by molar-refractivity contribution is 7.27. The zero-order chi connectivity index (χ0) is 57.4. The third kappa shape index (κ3) is 6.77. The summed E-state index contributed by atoms with van der Waals surface area (Å²) in [6, 6.07) is 77.9. The minimum absolute atomic E-state index is 0.132. The van der Waals surface area contributed by atoms with Gasteiger partial charge >= 0.3 is 0 Å². The van der Waals surface area contributed by atoms with E-state index in [-0.39, 0.29) is 17.6 Å². The summed E-state index contributed by atoms with van der Waals surface area (Å²) in [7, 11) is 0. The van der Waals surface area contributed by atoms with Gasteiger partial charge in [0, 0.05) is 63.6 Å². The summed E-state index contributed by atoms with van der Waals surface area (Å²) in [4.78, 5) is 4.69. The van der Waals surface area contributed by atoms with Crippen molar-refractivity contribution in [2.24, 2.45) is 0 Å². The second-order valence-corrected chi connectivity index (χ2v) is 22.1. The molecule has 0 spiro atoms. The van der Waals surface area contributed by atoms with E-state index in [0.717, 1.165) is 112 Å². The van der Waals surface area contributed by atoms with Crippen LogP contribution in [0.2, 0.25) is 0 Å². The maximum Gasteiger partial charge on any atom is 0.220 e. The van der Waals surface area contributed by atoms with Crippen LogP contribution in [0, 0.1) is 17.9 Å². The molecule has 4 heterocycles. The van der Waals surface area contributed by atoms with Gasteiger partial charge in [-0.05, 0) is 80.9 Å². The fraction of sp³-hybridized carbons (Fsp3) is 0. The van der Waals surface area contributed by atoms with Crippen molar-refractivity contribution in [2.45, 2.75) is 0 Å². The van der Waals surface area contributed by atoms with Crippen molar-refractivity contribution in [1.29, 1.82) is 5.26 Å². The van der Waals surface area contributed by atoms with E-state index in [9.17, 15) is 14.6 Å². The molecule has 0 fully saturated rings. The molecule has 0 saturated carbocycles. The lowest BCUT2D eigenvalue weighted by molar-refractivity contribution is 1.14. The Morgan fingerprint density at radius 2 is 0.900 bits per heavy atom. The van der Waals surface area contributed by atoms with Crippen molar-refractivity contribution in [2.75, 3.05) is 0 Å². The highest BCUT2D eigenvalue weighted by atomic mass is 32.1. The summed E-state index contributed by atoms with van der Waals surface area (Å²) < 4.78 is 52.8. The minimum atomic E-state index is -0.449. The predicted octanol–water partition coefficient (Wildman–Crippen LogP) is 21.4. The summed E-state index contributed by atoms with van der Waals surface area (Å²) >= 11 is 3.23. The van der Waals surface area contributed by atoms with Gasteiger partial charge in [0.1, 0.15) is 6.07 Å². The van der Waals surface area contributed by atoms with E-state index >= 15 is 0 Å². The molecule has 16 rings (SSSR count). The molecule has 0 unspecified atom stereocenters. The molecule has 0 amide bonds. The highest BCUT2D eigenvalue weighted by Crippen LogP contribution is 2.55. The van der Waals surface area contributed by atoms with Gasteiger partial charge in [0.05, 0.1) is 61.8 Å². The number of aromatic nitrogens is 2. The normalized spacial score (nSPS) is 12.6. The van der Waals surface area contributed by atoms with Gasteiger partial charge < -0.3 is 9.13 Å². The Balaban J connectivity index is 1.18. The number of nitrogens with zero attached hydrogens (tertiary/aromatic N) is 4. The summed E-state index contributed by atoms with van der Waals surface area (Å²) in [6.07, 6.45) is 0. The quantitative estimate of drug-likeness (QED) is 0.147. The summed E-state index contributed by atoms with van der Waals surface area (Å²) in [5, 5.41) is 20.6. The molecule has 4 aromatic heterocycles. The van der Waals surface area contributed by atoms with Gasteiger partial charge in [0.15, 0.2) is 0 Å². The third-order valence-corrected chi connectivity index (χ3v) is 18.3. The second kappa shape index (κ2) is 18.1. The maximum atomic E-state index is 12.7. The summed E-state index contributed by atoms with van der Waals surface area (Å²) in [6.45, 7) is 9.70. The van der Waals surface area contributed by atoms with Crippen LogP contribution >= 0.6 is 22.7 Å². The van der Waals surface area contributed by atoms with Gasteiger partial charge in [-0.1, -0.05) is 218 Å². The largest absolute Gasteiger partial charge is 0.318 e. The van der Waals surface area contributed by atoms with Gasteiger partial charge in [-0.15, -0.1) is 22.7 Å². The molecular weight excluding hydrogens is 1010 g/mol. The Kier molecular flexibility index (Phi) is 9.26. The molecular formula is C74H42N4S2. The Morgan fingerprint density at radius 1 is 0.400 bits per heavy atom. The molecule has 80 heavy (non-hydrogen) atoms. The zero-order valence-electron chi connectivity index (χ0n) is 47.5. The fourth-order valence-electron chi connectivity index (χ4n) is 12.5. The number of hydrogen-bond acceptors (Lipinski definition) is 3. The van der Waals surface area contributed by atoms with Crippen molar-refractivity contribution >= 4 is 112 Å². The molecule has 16 aromatic rings. The van der Waals surface area contributed by atoms with Crippen LogP contribution in [0.1, 0.15) is 12.4 Å². The number of rotatable bonds is 7. The molecule has 12 aromatic carbocycles. The van der Waals surface area contributed by atoms with Crippen molar-refractivity contribution in [3.05, 3.63) is 272 Å². The van der Waals surface area contributed by atoms with Gasteiger partial charge in [-0.25, -0.2) is 4.85 Å². The highest BCUT2D eigenvalue weighted by Gasteiger charge is 2.33. The first kappa shape index (κ1) is 40.9. The van der Waals surface area contributed by atoms with Crippen LogP contribution in [-0.4, -0.2) is 9.13 Å². The van der Waals surface area contributed by atoms with Gasteiger partial charge in [0.2, 0.25) is 5.69 Å². The SMILES string of the molecule is [2H]c1c([2H])c([2H])c(-c2cccc3c2sc2c3ccc3c4ccc5c6ccccc6sc5c4n(-c4c(C#N)c(-c5cc(-c6ccccc6)cc(-c6ccccc6)c5)c([N+]#[C-])c(-n5c6ccccc6c6ccccc65)c4-c4ccccc4)c32)c([2H])c1[2H]. The summed E-state index contributed by atoms with van der Waals surface area (Å²) in [5.41, 5.74) is 12.6. The van der Waals surface area contributed by atoms with E-state index in [1.165, 1.54) is 11.3 Å². The number of para-hydroxylation sites is 2. The van der Waals surface area contributed by atoms with Gasteiger partial charge in [-0.3, -0.25) is 0 Å². The summed E-state index contributed by atoms with van der Waals surface area (Å²) in [5.74, 6) is 0. The Bertz CT molecular complexity index is 5490. The molecule has 0 saturated heterocycles. The number of thiophene rings is 2. The lowest BCUT2D eigenvalue weighted by atomic mass is 9.86. The van der Waals surface area contributed by atoms with Crippen molar-refractivity contribution < 1.29 is 6.85 Å². The van der Waals surface area contributed by atoms with Crippen LogP contribution in [0.25, 0.3) is 156 Å². The Morgan fingerprint density at radius 3 is 1.51 bits per heavy atom. The molecule has 370 valence electrons. The number of nitriles is 1. The molecule has 0 aliphatic carbocycles. The number of hydrogen-bond donors (Lipinski definition) is 0. The number of benzene rings is 12. The van der Waals surface area contributed by atoms with Gasteiger partial charge in [0.25, 0.3) is 0 Å². The monoisotopic (exact) mass is 1060 g/mol. The molecule has 0 aliphatic rings. The molecule has 0 radical (unpaired) electrons. The molecule has 0 bridgehead atoms. The van der Waals surface area contributed by atoms with E-state index in [4.69, 9.17) is 8.96 Å². The fourth-order valence-corrected chi connectivity index (χ4v) is 15.1. The first-order valence-electron chi connectivity index (χ1n) is 28.8. The molecule has 0 aliphatic heterocycles. The number of fused-ring (bicyclic) bond motifs is 14. The second-order valence-electron chi connectivity index (χ2n) is 20.1. The van der Waals surface area contributed by atoms with Gasteiger partial charge in [-0.2, -0.15) is 5.26 Å². The first-order chi connectivity index (χ1) is 41.7. The Hall–Kier alpha value is -10.3. The third-order valence-electron chi connectivity index (χ3n) is 15.8. The van der Waals surface area contributed by atoms with E-state index in [0.29, 0.717) is 44.9 Å². The standard InChI is InChI=1S/C74H42N4S2/c1-76-67-65(51-42-49(45-21-6-2-7-22-45)41-50(43-51)46-23-8-3-9-24-46)61(44-75)68(66(48-27-12-5-13-28-48)71(67)77-62-34-17-14-29-53(62)54-30-15-18-35-63(54)77)78-69-56(37-39-59-55-31-16-19-36-64(55)79-73(59)69)57-38-40-60-58-33-20-32-52(47-25-10-4-11-26-47)72(58)80-74(60)70(57)78/h2-43H/i4D,10D,11D,25D,26D. The predicted molar refractivity (Wildman–Crippen MR) is 339 cm³/mol. The lowest BCUT2D eigenvalue weighted by Crippen LogP contribution is -2.09. The maximum absolute atomic E-state index is 12.7. The zero-order valence-corrected chi connectivity index (χ0v) is 44.1. The van der Waals surface area contributed by atoms with Crippen LogP contribution in [0.3, 0.4) is 0 Å². The molecule has 0 N–H and O–H groups in total. The average molecular weight is 1060 g/mol. The van der Waals surface area contributed by atoms with Crippen molar-refractivity contribution in [1.82, 2.24) is 9.13 Å². The van der Waals surface area contributed by atoms with E-state index in [2.05, 4.69) is 155 Å². The average Bonchev–Trinajstić information content (AvgIpc) is 1.82. The van der Waals surface area contributed by atoms with Crippen LogP contribution in [0.15, 0.2) is 255 Å². The minimum Gasteiger partial charge on any atom is -0.318 e. The van der Waals surface area contributed by atoms with Crippen LogP contribution in [0.4, 0.5) is 5.69 Å². The molecule has 4 nitrogen and oxygen atoms in total. The lowest BCUT2D eigenvalue weighted by Gasteiger charge is -2.26. The van der Waals surface area contributed by atoms with E-state index in [1.54, 1.807) is 11.3 Å². The van der Waals surface area contributed by atoms with Crippen LogP contribution < -0.4 is 0 Å². The molecule has 6 heteroatoms. The molecule has 0 atom stereocenters. The van der Waals surface area contributed by atoms with Crippen molar-refractivity contribution in [3.63, 3.8) is 0 Å².